The average molecular weight is 400 g/mol. The molecule has 1 amide bonds. The third kappa shape index (κ3) is 3.97. The standard InChI is InChI=1S/C22H29N3O2S/c1-3-24-21(27)18-6-4-5-7-19(18)23-22(24)28-14-20(26)25(17-12-13-17)16-10-8-15(2)9-11-16/h4-7,15-17H,3,8-14H2,1-2H3. The highest BCUT2D eigenvalue weighted by Crippen LogP contribution is 2.36. The van der Waals surface area contributed by atoms with Crippen molar-refractivity contribution in [2.45, 2.75) is 76.2 Å². The summed E-state index contributed by atoms with van der Waals surface area (Å²) in [5, 5.41) is 1.28. The van der Waals surface area contributed by atoms with Crippen LogP contribution in [0.15, 0.2) is 34.2 Å². The van der Waals surface area contributed by atoms with Gasteiger partial charge in [-0.3, -0.25) is 14.2 Å². The summed E-state index contributed by atoms with van der Waals surface area (Å²) in [5.74, 6) is 1.34. The van der Waals surface area contributed by atoms with Crippen LogP contribution in [-0.4, -0.2) is 38.2 Å². The number of hydrogen-bond acceptors (Lipinski definition) is 4. The van der Waals surface area contributed by atoms with Gasteiger partial charge < -0.3 is 4.90 Å². The van der Waals surface area contributed by atoms with Crippen molar-refractivity contribution in [1.82, 2.24) is 14.5 Å². The Morgan fingerprint density at radius 3 is 2.43 bits per heavy atom. The first kappa shape index (κ1) is 19.5. The van der Waals surface area contributed by atoms with E-state index < -0.39 is 0 Å². The molecule has 6 heteroatoms. The summed E-state index contributed by atoms with van der Waals surface area (Å²) in [6.07, 6.45) is 6.96. The van der Waals surface area contributed by atoms with Crippen LogP contribution in [0.5, 0.6) is 0 Å². The lowest BCUT2D eigenvalue weighted by atomic mass is 9.86. The molecule has 0 aliphatic heterocycles. The minimum atomic E-state index is -0.0247. The lowest BCUT2D eigenvalue weighted by Gasteiger charge is -2.36. The van der Waals surface area contributed by atoms with Crippen molar-refractivity contribution in [2.24, 2.45) is 5.92 Å². The molecule has 0 N–H and O–H groups in total. The van der Waals surface area contributed by atoms with Gasteiger partial charge >= 0.3 is 0 Å². The zero-order valence-electron chi connectivity index (χ0n) is 16.8. The lowest BCUT2D eigenvalue weighted by Crippen LogP contribution is -2.44. The summed E-state index contributed by atoms with van der Waals surface area (Å²) >= 11 is 1.41. The first-order valence-electron chi connectivity index (χ1n) is 10.5. The van der Waals surface area contributed by atoms with Crippen LogP contribution in [0.1, 0.15) is 52.4 Å². The van der Waals surface area contributed by atoms with Crippen molar-refractivity contribution >= 4 is 28.6 Å². The van der Waals surface area contributed by atoms with E-state index in [0.29, 0.717) is 40.4 Å². The van der Waals surface area contributed by atoms with Crippen LogP contribution in [0.3, 0.4) is 0 Å². The maximum Gasteiger partial charge on any atom is 0.262 e. The van der Waals surface area contributed by atoms with E-state index in [1.807, 2.05) is 31.2 Å². The van der Waals surface area contributed by atoms with Gasteiger partial charge in [0.2, 0.25) is 5.91 Å². The summed E-state index contributed by atoms with van der Waals surface area (Å²) in [4.78, 5) is 32.7. The van der Waals surface area contributed by atoms with Gasteiger partial charge in [0.15, 0.2) is 5.16 Å². The molecule has 5 nitrogen and oxygen atoms in total. The monoisotopic (exact) mass is 399 g/mol. The normalized spacial score (nSPS) is 22.4. The molecule has 0 atom stereocenters. The molecule has 2 fully saturated rings. The van der Waals surface area contributed by atoms with Gasteiger partial charge in [-0.1, -0.05) is 30.8 Å². The molecule has 2 aliphatic rings. The smallest absolute Gasteiger partial charge is 0.262 e. The Bertz CT molecular complexity index is 914. The molecule has 2 aliphatic carbocycles. The molecule has 28 heavy (non-hydrogen) atoms. The average Bonchev–Trinajstić information content (AvgIpc) is 3.53. The number of fused-ring (bicyclic) bond motifs is 1. The van der Waals surface area contributed by atoms with Crippen LogP contribution in [0.2, 0.25) is 0 Å². The SMILES string of the molecule is CCn1c(SCC(=O)N(C2CCC(C)CC2)C2CC2)nc2ccccc2c1=O. The number of carbonyl (C=O) groups is 1. The predicted octanol–water partition coefficient (Wildman–Crippen LogP) is 4.08. The van der Waals surface area contributed by atoms with Gasteiger partial charge in [-0.05, 0) is 63.5 Å². The number of thioether (sulfide) groups is 1. The number of benzene rings is 1. The predicted molar refractivity (Wildman–Crippen MR) is 114 cm³/mol. The Kier molecular flexibility index (Phi) is 5.76. The second-order valence-corrected chi connectivity index (χ2v) is 9.14. The van der Waals surface area contributed by atoms with E-state index in [-0.39, 0.29) is 11.5 Å². The van der Waals surface area contributed by atoms with Gasteiger partial charge in [-0.15, -0.1) is 0 Å². The van der Waals surface area contributed by atoms with E-state index in [9.17, 15) is 9.59 Å². The van der Waals surface area contributed by atoms with Crippen molar-refractivity contribution in [1.29, 1.82) is 0 Å². The van der Waals surface area contributed by atoms with Crippen LogP contribution in [0, 0.1) is 5.92 Å². The molecular weight excluding hydrogens is 370 g/mol. The third-order valence-electron chi connectivity index (χ3n) is 6.07. The van der Waals surface area contributed by atoms with Crippen LogP contribution in [0.25, 0.3) is 10.9 Å². The van der Waals surface area contributed by atoms with Crippen molar-refractivity contribution in [2.75, 3.05) is 5.75 Å². The Morgan fingerprint density at radius 2 is 1.79 bits per heavy atom. The molecule has 0 spiro atoms. The van der Waals surface area contributed by atoms with Gasteiger partial charge in [0, 0.05) is 18.6 Å². The van der Waals surface area contributed by atoms with Crippen LogP contribution in [0.4, 0.5) is 0 Å². The summed E-state index contributed by atoms with van der Waals surface area (Å²) < 4.78 is 1.68. The molecule has 0 saturated heterocycles. The molecule has 0 radical (unpaired) electrons. The number of nitrogens with zero attached hydrogens (tertiary/aromatic N) is 3. The maximum atomic E-state index is 13.1. The molecule has 4 rings (SSSR count). The van der Waals surface area contributed by atoms with Crippen molar-refractivity contribution in [3.05, 3.63) is 34.6 Å². The van der Waals surface area contributed by atoms with E-state index in [1.165, 1.54) is 24.6 Å². The van der Waals surface area contributed by atoms with Crippen molar-refractivity contribution in [3.8, 4) is 0 Å². The van der Waals surface area contributed by atoms with Crippen LogP contribution in [-0.2, 0) is 11.3 Å². The Hall–Kier alpha value is -1.82. The largest absolute Gasteiger partial charge is 0.336 e. The summed E-state index contributed by atoms with van der Waals surface area (Å²) in [5.41, 5.74) is 0.677. The van der Waals surface area contributed by atoms with E-state index in [1.54, 1.807) is 4.57 Å². The molecule has 2 aromatic rings. The van der Waals surface area contributed by atoms with Crippen molar-refractivity contribution in [3.63, 3.8) is 0 Å². The van der Waals surface area contributed by atoms with Gasteiger partial charge in [0.1, 0.15) is 0 Å². The van der Waals surface area contributed by atoms with E-state index in [4.69, 9.17) is 0 Å². The Morgan fingerprint density at radius 1 is 1.14 bits per heavy atom. The van der Waals surface area contributed by atoms with Gasteiger partial charge in [0.25, 0.3) is 5.56 Å². The summed E-state index contributed by atoms with van der Waals surface area (Å²) in [6.45, 7) is 4.81. The number of aromatic nitrogens is 2. The minimum absolute atomic E-state index is 0.0247. The topological polar surface area (TPSA) is 55.2 Å². The minimum Gasteiger partial charge on any atom is -0.336 e. The molecule has 1 aromatic carbocycles. The van der Waals surface area contributed by atoms with E-state index in [2.05, 4.69) is 16.8 Å². The third-order valence-corrected chi connectivity index (χ3v) is 7.04. The zero-order valence-corrected chi connectivity index (χ0v) is 17.6. The highest BCUT2D eigenvalue weighted by atomic mass is 32.2. The van der Waals surface area contributed by atoms with Gasteiger partial charge in [-0.2, -0.15) is 0 Å². The fourth-order valence-electron chi connectivity index (χ4n) is 4.32. The number of hydrogen-bond donors (Lipinski definition) is 0. The molecule has 2 saturated carbocycles. The first-order chi connectivity index (χ1) is 13.6. The molecule has 150 valence electrons. The second-order valence-electron chi connectivity index (χ2n) is 8.20. The van der Waals surface area contributed by atoms with Gasteiger partial charge in [-0.25, -0.2) is 4.98 Å². The summed E-state index contributed by atoms with van der Waals surface area (Å²) in [6, 6.07) is 8.26. The van der Waals surface area contributed by atoms with Crippen LogP contribution < -0.4 is 5.56 Å². The zero-order chi connectivity index (χ0) is 19.7. The Labute approximate surface area is 170 Å². The molecule has 1 heterocycles. The molecule has 0 unspecified atom stereocenters. The molecule has 1 aromatic heterocycles. The highest BCUT2D eigenvalue weighted by molar-refractivity contribution is 7.99. The van der Waals surface area contributed by atoms with E-state index in [0.717, 1.165) is 31.6 Å². The Balaban J connectivity index is 1.51. The number of rotatable bonds is 6. The lowest BCUT2D eigenvalue weighted by molar-refractivity contribution is -0.132. The number of para-hydroxylation sites is 1. The van der Waals surface area contributed by atoms with Crippen LogP contribution >= 0.6 is 11.8 Å². The quantitative estimate of drug-likeness (QED) is 0.543. The van der Waals surface area contributed by atoms with E-state index >= 15 is 0 Å². The number of amides is 1. The highest BCUT2D eigenvalue weighted by Gasteiger charge is 2.38. The van der Waals surface area contributed by atoms with Crippen molar-refractivity contribution < 1.29 is 4.79 Å². The van der Waals surface area contributed by atoms with Gasteiger partial charge in [0.05, 0.1) is 16.7 Å². The fourth-order valence-corrected chi connectivity index (χ4v) is 5.25. The summed E-state index contributed by atoms with van der Waals surface area (Å²) in [7, 11) is 0. The molecule has 0 bridgehead atoms. The first-order valence-corrected chi connectivity index (χ1v) is 11.5. The second kappa shape index (κ2) is 8.27. The fraction of sp³-hybridized carbons (Fsp3) is 0.591. The number of carbonyl (C=O) groups excluding carboxylic acids is 1. The molecular formula is C22H29N3O2S. The maximum absolute atomic E-state index is 13.1.